The van der Waals surface area contributed by atoms with E-state index in [0.29, 0.717) is 12.5 Å². The van der Waals surface area contributed by atoms with Crippen LogP contribution in [0.4, 0.5) is 5.69 Å². The van der Waals surface area contributed by atoms with Crippen molar-refractivity contribution >= 4 is 11.6 Å². The molecule has 1 aliphatic heterocycles. The Kier molecular flexibility index (Phi) is 5.19. The molecule has 0 spiro atoms. The Balaban J connectivity index is 1.39. The van der Waals surface area contributed by atoms with Gasteiger partial charge in [0.05, 0.1) is 6.54 Å². The molecule has 146 valence electrons. The number of H-pyrrole nitrogens is 1. The van der Waals surface area contributed by atoms with Crippen LogP contribution in [-0.4, -0.2) is 34.1 Å². The summed E-state index contributed by atoms with van der Waals surface area (Å²) in [5, 5.41) is 10.2. The highest BCUT2D eigenvalue weighted by molar-refractivity contribution is 5.95. The van der Waals surface area contributed by atoms with Gasteiger partial charge in [-0.1, -0.05) is 6.92 Å². The summed E-state index contributed by atoms with van der Waals surface area (Å²) in [6.45, 7) is 6.57. The van der Waals surface area contributed by atoms with Gasteiger partial charge in [0.25, 0.3) is 5.91 Å². The van der Waals surface area contributed by atoms with Crippen molar-refractivity contribution in [2.75, 3.05) is 18.4 Å². The van der Waals surface area contributed by atoms with Crippen molar-refractivity contribution in [3.05, 3.63) is 59.5 Å². The minimum atomic E-state index is 0.136. The highest BCUT2D eigenvalue weighted by Crippen LogP contribution is 2.23. The van der Waals surface area contributed by atoms with Crippen LogP contribution in [0.15, 0.2) is 47.0 Å². The summed E-state index contributed by atoms with van der Waals surface area (Å²) in [6.07, 6.45) is 3.88. The summed E-state index contributed by atoms with van der Waals surface area (Å²) in [4.78, 5) is 14.7. The standard InChI is InChI=1S/C22H26N4O2/c1-15-8-11-26(12-9-15)22(27)17-3-5-19(16(2)13-17)23-14-18-4-6-21(28-18)20-7-10-24-25-20/h3-7,10,13,15,23H,8-9,11-12,14H2,1-2H3,(H,24,25). The first-order valence-electron chi connectivity index (χ1n) is 9.82. The quantitative estimate of drug-likeness (QED) is 0.687. The fourth-order valence-electron chi connectivity index (χ4n) is 3.58. The maximum atomic E-state index is 12.7. The van der Waals surface area contributed by atoms with Crippen molar-refractivity contribution in [1.82, 2.24) is 15.1 Å². The smallest absolute Gasteiger partial charge is 0.253 e. The van der Waals surface area contributed by atoms with E-state index in [-0.39, 0.29) is 5.91 Å². The van der Waals surface area contributed by atoms with E-state index in [0.717, 1.165) is 60.0 Å². The van der Waals surface area contributed by atoms with Gasteiger partial charge in [-0.15, -0.1) is 0 Å². The molecule has 2 N–H and O–H groups in total. The Labute approximate surface area is 164 Å². The summed E-state index contributed by atoms with van der Waals surface area (Å²) in [5.41, 5.74) is 3.68. The van der Waals surface area contributed by atoms with Crippen molar-refractivity contribution in [1.29, 1.82) is 0 Å². The first-order chi connectivity index (χ1) is 13.6. The molecule has 0 aliphatic carbocycles. The molecule has 3 aromatic rings. The number of aryl methyl sites for hydroxylation is 1. The van der Waals surface area contributed by atoms with E-state index in [2.05, 4.69) is 22.4 Å². The number of piperidine rings is 1. The first kappa shape index (κ1) is 18.3. The molecule has 0 radical (unpaired) electrons. The van der Waals surface area contributed by atoms with E-state index in [4.69, 9.17) is 4.42 Å². The molecule has 3 heterocycles. The number of anilines is 1. The second kappa shape index (κ2) is 7.92. The van der Waals surface area contributed by atoms with Gasteiger partial charge in [0.1, 0.15) is 11.5 Å². The lowest BCUT2D eigenvalue weighted by atomic mass is 9.98. The molecule has 0 atom stereocenters. The number of aromatic nitrogens is 2. The van der Waals surface area contributed by atoms with Gasteiger partial charge in [-0.2, -0.15) is 5.10 Å². The van der Waals surface area contributed by atoms with Crippen LogP contribution < -0.4 is 5.32 Å². The summed E-state index contributed by atoms with van der Waals surface area (Å²) in [6, 6.07) is 11.6. The van der Waals surface area contributed by atoms with Gasteiger partial charge >= 0.3 is 0 Å². The highest BCUT2D eigenvalue weighted by Gasteiger charge is 2.21. The van der Waals surface area contributed by atoms with E-state index in [1.807, 2.05) is 48.2 Å². The molecule has 0 unspecified atom stereocenters. The molecular formula is C22H26N4O2. The number of furan rings is 1. The first-order valence-corrected chi connectivity index (χ1v) is 9.82. The maximum absolute atomic E-state index is 12.7. The molecule has 1 aromatic carbocycles. The zero-order chi connectivity index (χ0) is 19.5. The van der Waals surface area contributed by atoms with Gasteiger partial charge in [0, 0.05) is 30.5 Å². The molecular weight excluding hydrogens is 352 g/mol. The van der Waals surface area contributed by atoms with Crippen LogP contribution in [0.3, 0.4) is 0 Å². The van der Waals surface area contributed by atoms with E-state index in [9.17, 15) is 4.79 Å². The number of hydrogen-bond donors (Lipinski definition) is 2. The minimum Gasteiger partial charge on any atom is -0.458 e. The van der Waals surface area contributed by atoms with E-state index < -0.39 is 0 Å². The molecule has 4 rings (SSSR count). The molecule has 1 amide bonds. The van der Waals surface area contributed by atoms with Crippen LogP contribution in [-0.2, 0) is 6.54 Å². The molecule has 1 fully saturated rings. The summed E-state index contributed by atoms with van der Waals surface area (Å²) >= 11 is 0. The largest absolute Gasteiger partial charge is 0.458 e. The minimum absolute atomic E-state index is 0.136. The third kappa shape index (κ3) is 3.96. The van der Waals surface area contributed by atoms with Gasteiger partial charge in [0.15, 0.2) is 5.76 Å². The third-order valence-corrected chi connectivity index (χ3v) is 5.43. The molecule has 2 aromatic heterocycles. The summed E-state index contributed by atoms with van der Waals surface area (Å²) in [5.74, 6) is 2.46. The lowest BCUT2D eigenvalue weighted by Gasteiger charge is -2.30. The second-order valence-corrected chi connectivity index (χ2v) is 7.59. The van der Waals surface area contributed by atoms with Crippen LogP contribution in [0.2, 0.25) is 0 Å². The number of nitrogens with zero attached hydrogens (tertiary/aromatic N) is 2. The number of amides is 1. The van der Waals surface area contributed by atoms with E-state index in [1.54, 1.807) is 6.20 Å². The predicted octanol–water partition coefficient (Wildman–Crippen LogP) is 4.46. The van der Waals surface area contributed by atoms with Crippen LogP contribution in [0.5, 0.6) is 0 Å². The highest BCUT2D eigenvalue weighted by atomic mass is 16.3. The molecule has 0 bridgehead atoms. The summed E-state index contributed by atoms with van der Waals surface area (Å²) in [7, 11) is 0. The van der Waals surface area contributed by atoms with Gasteiger partial charge in [-0.05, 0) is 67.6 Å². The molecule has 0 saturated carbocycles. The van der Waals surface area contributed by atoms with E-state index in [1.165, 1.54) is 0 Å². The number of rotatable bonds is 5. The van der Waals surface area contributed by atoms with Gasteiger partial charge in [-0.25, -0.2) is 0 Å². The Morgan fingerprint density at radius 1 is 1.25 bits per heavy atom. The SMILES string of the molecule is Cc1cc(C(=O)N2CCC(C)CC2)ccc1NCc1ccc(-c2ccn[nH]2)o1. The number of nitrogens with one attached hydrogen (secondary N) is 2. The van der Waals surface area contributed by atoms with Gasteiger partial charge in [0.2, 0.25) is 0 Å². The normalized spacial score (nSPS) is 15.0. The fourth-order valence-corrected chi connectivity index (χ4v) is 3.58. The predicted molar refractivity (Wildman–Crippen MR) is 109 cm³/mol. The maximum Gasteiger partial charge on any atom is 0.253 e. The number of carbonyl (C=O) groups excluding carboxylic acids is 1. The zero-order valence-electron chi connectivity index (χ0n) is 16.4. The number of hydrogen-bond acceptors (Lipinski definition) is 4. The molecule has 1 saturated heterocycles. The Morgan fingerprint density at radius 3 is 2.79 bits per heavy atom. The van der Waals surface area contributed by atoms with E-state index >= 15 is 0 Å². The lowest BCUT2D eigenvalue weighted by Crippen LogP contribution is -2.37. The third-order valence-electron chi connectivity index (χ3n) is 5.43. The average Bonchev–Trinajstić information content (AvgIpc) is 3.39. The Morgan fingerprint density at radius 2 is 2.07 bits per heavy atom. The molecule has 28 heavy (non-hydrogen) atoms. The Bertz CT molecular complexity index is 937. The lowest BCUT2D eigenvalue weighted by molar-refractivity contribution is 0.0697. The summed E-state index contributed by atoms with van der Waals surface area (Å²) < 4.78 is 5.85. The number of benzene rings is 1. The van der Waals surface area contributed by atoms with Gasteiger partial charge < -0.3 is 14.6 Å². The van der Waals surface area contributed by atoms with Crippen molar-refractivity contribution in [2.45, 2.75) is 33.2 Å². The van der Waals surface area contributed by atoms with Crippen LogP contribution >= 0.6 is 0 Å². The van der Waals surface area contributed by atoms with Crippen molar-refractivity contribution in [3.63, 3.8) is 0 Å². The number of likely N-dealkylation sites (tertiary alicyclic amines) is 1. The number of aromatic amines is 1. The average molecular weight is 378 g/mol. The van der Waals surface area contributed by atoms with Crippen molar-refractivity contribution in [3.8, 4) is 11.5 Å². The Hall–Kier alpha value is -3.02. The van der Waals surface area contributed by atoms with Crippen LogP contribution in [0, 0.1) is 12.8 Å². The fraction of sp³-hybridized carbons (Fsp3) is 0.364. The van der Waals surface area contributed by atoms with Crippen LogP contribution in [0.25, 0.3) is 11.5 Å². The monoisotopic (exact) mass is 378 g/mol. The van der Waals surface area contributed by atoms with Crippen molar-refractivity contribution in [2.24, 2.45) is 5.92 Å². The molecule has 1 aliphatic rings. The molecule has 6 nitrogen and oxygen atoms in total. The van der Waals surface area contributed by atoms with Crippen molar-refractivity contribution < 1.29 is 9.21 Å². The second-order valence-electron chi connectivity index (χ2n) is 7.59. The van der Waals surface area contributed by atoms with Gasteiger partial charge in [-0.3, -0.25) is 9.89 Å². The number of carbonyl (C=O) groups is 1. The molecule has 6 heteroatoms. The van der Waals surface area contributed by atoms with Crippen LogP contribution in [0.1, 0.15) is 41.4 Å². The topological polar surface area (TPSA) is 74.2 Å². The zero-order valence-corrected chi connectivity index (χ0v) is 16.4.